The lowest BCUT2D eigenvalue weighted by Crippen LogP contribution is -2.16. The molecule has 2 rings (SSSR count). The van der Waals surface area contributed by atoms with Gasteiger partial charge in [-0.1, -0.05) is 11.6 Å². The molecule has 1 aromatic heterocycles. The highest BCUT2D eigenvalue weighted by molar-refractivity contribution is 7.99. The zero-order valence-corrected chi connectivity index (χ0v) is 11.5. The fourth-order valence-corrected chi connectivity index (χ4v) is 2.81. The Morgan fingerprint density at radius 1 is 1.58 bits per heavy atom. The molecule has 0 unspecified atom stereocenters. The third-order valence-corrected chi connectivity index (χ3v) is 3.70. The van der Waals surface area contributed by atoms with Crippen molar-refractivity contribution in [1.82, 2.24) is 14.8 Å². The van der Waals surface area contributed by atoms with E-state index in [4.69, 9.17) is 16.7 Å². The average Bonchev–Trinajstić information content (AvgIpc) is 2.69. The number of aromatic nitrogens is 3. The molecular formula is C11H10ClN3O3S. The topological polar surface area (TPSA) is 88.0 Å². The summed E-state index contributed by atoms with van der Waals surface area (Å²) in [5.41, 5.74) is -0.212. The van der Waals surface area contributed by atoms with Crippen molar-refractivity contribution in [2.45, 2.75) is 23.5 Å². The molecule has 0 atom stereocenters. The summed E-state index contributed by atoms with van der Waals surface area (Å²) in [4.78, 5) is 23.0. The summed E-state index contributed by atoms with van der Waals surface area (Å²) >= 11 is 6.95. The van der Waals surface area contributed by atoms with E-state index in [1.54, 1.807) is 6.92 Å². The Hall–Kier alpha value is -1.73. The fraction of sp³-hybridized carbons (Fsp3) is 0.182. The number of hydrogen-bond acceptors (Lipinski definition) is 4. The molecule has 8 heteroatoms. The van der Waals surface area contributed by atoms with Crippen LogP contribution in [0.4, 0.5) is 0 Å². The Kier molecular flexibility index (Phi) is 3.96. The van der Waals surface area contributed by atoms with Gasteiger partial charge in [-0.3, -0.25) is 4.57 Å². The van der Waals surface area contributed by atoms with Crippen LogP contribution in [0.2, 0.25) is 5.02 Å². The third kappa shape index (κ3) is 2.82. The first-order valence-electron chi connectivity index (χ1n) is 5.38. The van der Waals surface area contributed by atoms with Crippen LogP contribution < -0.4 is 5.69 Å². The van der Waals surface area contributed by atoms with Gasteiger partial charge in [-0.15, -0.1) is 5.10 Å². The van der Waals surface area contributed by atoms with E-state index in [0.717, 1.165) is 11.8 Å². The summed E-state index contributed by atoms with van der Waals surface area (Å²) in [5.74, 6) is -1.06. The monoisotopic (exact) mass is 299 g/mol. The normalized spacial score (nSPS) is 10.6. The molecule has 2 aromatic rings. The number of carboxylic acids is 1. The minimum Gasteiger partial charge on any atom is -0.478 e. The van der Waals surface area contributed by atoms with Crippen LogP contribution >= 0.6 is 23.4 Å². The Morgan fingerprint density at radius 3 is 2.95 bits per heavy atom. The smallest absolute Gasteiger partial charge is 0.343 e. The molecule has 0 radical (unpaired) electrons. The second kappa shape index (κ2) is 5.50. The summed E-state index contributed by atoms with van der Waals surface area (Å²) < 4.78 is 1.41. The van der Waals surface area contributed by atoms with Crippen LogP contribution in [-0.2, 0) is 6.54 Å². The van der Waals surface area contributed by atoms with Gasteiger partial charge in [0, 0.05) is 16.5 Å². The molecule has 1 heterocycles. The first kappa shape index (κ1) is 13.7. The molecule has 0 spiro atoms. The van der Waals surface area contributed by atoms with Crippen molar-refractivity contribution < 1.29 is 9.90 Å². The zero-order chi connectivity index (χ0) is 14.0. The molecule has 0 saturated heterocycles. The number of H-pyrrole nitrogens is 1. The number of carbonyl (C=O) groups is 1. The van der Waals surface area contributed by atoms with E-state index in [9.17, 15) is 9.59 Å². The number of nitrogens with one attached hydrogen (secondary N) is 1. The van der Waals surface area contributed by atoms with Crippen LogP contribution in [0.15, 0.2) is 33.0 Å². The summed E-state index contributed by atoms with van der Waals surface area (Å²) in [6.45, 7) is 2.25. The van der Waals surface area contributed by atoms with E-state index in [1.165, 1.54) is 22.8 Å². The van der Waals surface area contributed by atoms with Crippen LogP contribution in [-0.4, -0.2) is 25.8 Å². The first-order valence-corrected chi connectivity index (χ1v) is 6.58. The van der Waals surface area contributed by atoms with Crippen LogP contribution in [0.3, 0.4) is 0 Å². The van der Waals surface area contributed by atoms with Gasteiger partial charge < -0.3 is 5.11 Å². The number of rotatable bonds is 4. The highest BCUT2D eigenvalue weighted by Gasteiger charge is 2.15. The maximum atomic E-state index is 11.4. The van der Waals surface area contributed by atoms with E-state index < -0.39 is 5.97 Å². The molecule has 100 valence electrons. The average molecular weight is 300 g/mol. The van der Waals surface area contributed by atoms with Crippen LogP contribution in [0.5, 0.6) is 0 Å². The molecule has 0 aliphatic heterocycles. The minimum atomic E-state index is -1.06. The van der Waals surface area contributed by atoms with Gasteiger partial charge in [-0.2, -0.15) is 0 Å². The van der Waals surface area contributed by atoms with E-state index in [0.29, 0.717) is 21.6 Å². The number of carboxylic acid groups (broad SMARTS) is 1. The third-order valence-electron chi connectivity index (χ3n) is 2.41. The molecule has 1 aromatic carbocycles. The lowest BCUT2D eigenvalue weighted by atomic mass is 10.2. The van der Waals surface area contributed by atoms with Gasteiger partial charge in [0.2, 0.25) is 0 Å². The van der Waals surface area contributed by atoms with Crippen molar-refractivity contribution >= 4 is 29.3 Å². The van der Waals surface area contributed by atoms with Gasteiger partial charge >= 0.3 is 11.7 Å². The highest BCUT2D eigenvalue weighted by atomic mass is 35.5. The maximum absolute atomic E-state index is 11.4. The lowest BCUT2D eigenvalue weighted by molar-refractivity contribution is 0.0693. The summed E-state index contributed by atoms with van der Waals surface area (Å²) in [7, 11) is 0. The van der Waals surface area contributed by atoms with Crippen molar-refractivity contribution in [2.24, 2.45) is 0 Å². The van der Waals surface area contributed by atoms with Crippen molar-refractivity contribution in [3.63, 3.8) is 0 Å². The van der Waals surface area contributed by atoms with E-state index in [2.05, 4.69) is 10.2 Å². The Labute approximate surface area is 117 Å². The Morgan fingerprint density at radius 2 is 2.32 bits per heavy atom. The van der Waals surface area contributed by atoms with E-state index >= 15 is 0 Å². The summed E-state index contributed by atoms with van der Waals surface area (Å²) in [6.07, 6.45) is 0. The zero-order valence-electron chi connectivity index (χ0n) is 9.88. The Bertz CT molecular complexity index is 680. The Balaban J connectivity index is 2.45. The van der Waals surface area contributed by atoms with Gasteiger partial charge in [0.05, 0.1) is 5.56 Å². The number of aromatic amines is 1. The first-order chi connectivity index (χ1) is 9.02. The number of hydrogen-bond donors (Lipinski definition) is 2. The SMILES string of the molecule is CCn1c(Sc2cc(Cl)ccc2C(=O)O)n[nH]c1=O. The quantitative estimate of drug-likeness (QED) is 0.902. The van der Waals surface area contributed by atoms with E-state index in [-0.39, 0.29) is 11.3 Å². The number of nitrogens with zero attached hydrogens (tertiary/aromatic N) is 2. The van der Waals surface area contributed by atoms with Crippen molar-refractivity contribution in [2.75, 3.05) is 0 Å². The second-order valence-electron chi connectivity index (χ2n) is 3.60. The van der Waals surface area contributed by atoms with Crippen molar-refractivity contribution in [1.29, 1.82) is 0 Å². The molecular weight excluding hydrogens is 290 g/mol. The minimum absolute atomic E-state index is 0.118. The standard InChI is InChI=1S/C11H10ClN3O3S/c1-2-15-10(18)13-14-11(15)19-8-5-6(12)3-4-7(8)9(16)17/h3-5H,2H2,1H3,(H,13,18)(H,16,17). The largest absolute Gasteiger partial charge is 0.478 e. The molecule has 0 aliphatic rings. The molecule has 19 heavy (non-hydrogen) atoms. The summed E-state index contributed by atoms with van der Waals surface area (Å²) in [6, 6.07) is 4.47. The number of aromatic carboxylic acids is 1. The molecule has 0 fully saturated rings. The van der Waals surface area contributed by atoms with Gasteiger partial charge in [-0.25, -0.2) is 14.7 Å². The molecule has 0 bridgehead atoms. The molecule has 0 saturated carbocycles. The van der Waals surface area contributed by atoms with Crippen molar-refractivity contribution in [3.05, 3.63) is 39.3 Å². The predicted octanol–water partition coefficient (Wildman–Crippen LogP) is 2.09. The van der Waals surface area contributed by atoms with Crippen LogP contribution in [0.25, 0.3) is 0 Å². The lowest BCUT2D eigenvalue weighted by Gasteiger charge is -2.06. The number of halogens is 1. The molecule has 2 N–H and O–H groups in total. The van der Waals surface area contributed by atoms with Gasteiger partial charge in [0.1, 0.15) is 0 Å². The van der Waals surface area contributed by atoms with Crippen molar-refractivity contribution in [3.8, 4) is 0 Å². The van der Waals surface area contributed by atoms with Gasteiger partial charge in [-0.05, 0) is 36.9 Å². The van der Waals surface area contributed by atoms with Gasteiger partial charge in [0.25, 0.3) is 0 Å². The molecule has 0 aliphatic carbocycles. The highest BCUT2D eigenvalue weighted by Crippen LogP contribution is 2.30. The molecule has 0 amide bonds. The summed E-state index contributed by atoms with van der Waals surface area (Å²) in [5, 5.41) is 16.1. The van der Waals surface area contributed by atoms with Crippen LogP contribution in [0.1, 0.15) is 17.3 Å². The number of benzene rings is 1. The molecule has 6 nitrogen and oxygen atoms in total. The maximum Gasteiger partial charge on any atom is 0.343 e. The van der Waals surface area contributed by atoms with E-state index in [1.807, 2.05) is 0 Å². The van der Waals surface area contributed by atoms with Crippen LogP contribution in [0, 0.1) is 0 Å². The van der Waals surface area contributed by atoms with Gasteiger partial charge in [0.15, 0.2) is 5.16 Å². The second-order valence-corrected chi connectivity index (χ2v) is 5.05. The fourth-order valence-electron chi connectivity index (χ4n) is 1.52. The predicted molar refractivity (Wildman–Crippen MR) is 71.1 cm³/mol.